The van der Waals surface area contributed by atoms with Crippen LogP contribution in [0.4, 0.5) is 5.69 Å². The number of benzene rings is 2. The number of rotatable bonds is 12. The Balaban J connectivity index is 1.86. The number of imide groups is 1. The molecule has 1 atom stereocenters. The molecule has 0 radical (unpaired) electrons. The molecule has 1 heterocycles. The van der Waals surface area contributed by atoms with Crippen LogP contribution in [0.25, 0.3) is 0 Å². The molecular weight excluding hydrogens is 518 g/mol. The molecule has 3 aromatic rings. The molecule has 1 aromatic heterocycles. The maximum absolute atomic E-state index is 13.5. The molecule has 3 rings (SSSR count). The summed E-state index contributed by atoms with van der Waals surface area (Å²) in [5, 5.41) is 5.44. The molecule has 8 nitrogen and oxygen atoms in total. The Kier molecular flexibility index (Phi) is 11.0. The Labute approximate surface area is 242 Å². The third-order valence-corrected chi connectivity index (χ3v) is 6.96. The highest BCUT2D eigenvalue weighted by molar-refractivity contribution is 6.10. The molecule has 2 aromatic carbocycles. The number of nitrogens with zero attached hydrogens (tertiary/aromatic N) is 1. The molecule has 0 spiro atoms. The van der Waals surface area contributed by atoms with Gasteiger partial charge in [-0.1, -0.05) is 65.2 Å². The highest BCUT2D eigenvalue weighted by Gasteiger charge is 2.24. The van der Waals surface area contributed by atoms with Gasteiger partial charge in [-0.3, -0.25) is 24.7 Å². The lowest BCUT2D eigenvalue weighted by molar-refractivity contribution is -0.116. The number of methoxy groups -OCH3 is 2. The van der Waals surface area contributed by atoms with Crippen molar-refractivity contribution in [3.63, 3.8) is 0 Å². The summed E-state index contributed by atoms with van der Waals surface area (Å²) in [7, 11) is 3.22. The second-order valence-corrected chi connectivity index (χ2v) is 11.1. The largest absolute Gasteiger partial charge is 0.497 e. The molecule has 0 fully saturated rings. The lowest BCUT2D eigenvalue weighted by Gasteiger charge is -2.25. The summed E-state index contributed by atoms with van der Waals surface area (Å²) in [6.45, 7) is 8.27. The highest BCUT2D eigenvalue weighted by atomic mass is 16.5. The van der Waals surface area contributed by atoms with Crippen molar-refractivity contribution in [3.8, 4) is 11.5 Å². The van der Waals surface area contributed by atoms with Gasteiger partial charge in [-0.15, -0.1) is 0 Å². The van der Waals surface area contributed by atoms with E-state index >= 15 is 0 Å². The van der Waals surface area contributed by atoms with Crippen LogP contribution in [0.5, 0.6) is 11.5 Å². The molecule has 0 bridgehead atoms. The van der Waals surface area contributed by atoms with Crippen molar-refractivity contribution in [2.75, 3.05) is 19.5 Å². The quantitative estimate of drug-likeness (QED) is 0.190. The van der Waals surface area contributed by atoms with Crippen LogP contribution in [0.15, 0.2) is 60.8 Å². The van der Waals surface area contributed by atoms with Crippen molar-refractivity contribution in [1.82, 2.24) is 10.3 Å². The number of hydrogen-bond donors (Lipinski definition) is 2. The highest BCUT2D eigenvalue weighted by Crippen LogP contribution is 2.36. The molecule has 2 N–H and O–H groups in total. The van der Waals surface area contributed by atoms with Gasteiger partial charge in [0, 0.05) is 29.9 Å². The summed E-state index contributed by atoms with van der Waals surface area (Å²) in [5.41, 5.74) is 2.47. The predicted molar refractivity (Wildman–Crippen MR) is 161 cm³/mol. The van der Waals surface area contributed by atoms with E-state index in [4.69, 9.17) is 9.47 Å². The van der Waals surface area contributed by atoms with E-state index in [-0.39, 0.29) is 34.9 Å². The van der Waals surface area contributed by atoms with Crippen molar-refractivity contribution < 1.29 is 23.9 Å². The number of nitrogens with one attached hydrogen (secondary N) is 2. The fourth-order valence-corrected chi connectivity index (χ4v) is 4.77. The lowest BCUT2D eigenvalue weighted by Crippen LogP contribution is -2.31. The van der Waals surface area contributed by atoms with E-state index in [1.54, 1.807) is 38.5 Å². The maximum atomic E-state index is 13.5. The van der Waals surface area contributed by atoms with Crippen LogP contribution in [0.3, 0.4) is 0 Å². The topological polar surface area (TPSA) is 107 Å². The first-order valence-electron chi connectivity index (χ1n) is 14.0. The number of hydrogen-bond acceptors (Lipinski definition) is 6. The van der Waals surface area contributed by atoms with Gasteiger partial charge in [0.15, 0.2) is 0 Å². The number of aromatic nitrogens is 1. The summed E-state index contributed by atoms with van der Waals surface area (Å²) < 4.78 is 11.0. The average Bonchev–Trinajstić information content (AvgIpc) is 2.96. The monoisotopic (exact) mass is 559 g/mol. The Hall–Kier alpha value is -4.20. The SMILES string of the molecule is CCCCCC(CC(=O)Nc1cc(C(=O)NC(=O)c2ccccn2)ccc1C(C)(C)C)c1ccc(OC)cc1OC. The van der Waals surface area contributed by atoms with Crippen LogP contribution in [-0.2, 0) is 10.2 Å². The van der Waals surface area contributed by atoms with Crippen LogP contribution in [-0.4, -0.2) is 36.9 Å². The predicted octanol–water partition coefficient (Wildman–Crippen LogP) is 6.66. The van der Waals surface area contributed by atoms with Gasteiger partial charge in [-0.2, -0.15) is 0 Å². The van der Waals surface area contributed by atoms with Crippen LogP contribution in [0.2, 0.25) is 0 Å². The van der Waals surface area contributed by atoms with Crippen molar-refractivity contribution >= 4 is 23.4 Å². The minimum Gasteiger partial charge on any atom is -0.497 e. The van der Waals surface area contributed by atoms with E-state index in [2.05, 4.69) is 22.5 Å². The van der Waals surface area contributed by atoms with E-state index in [1.165, 1.54) is 12.3 Å². The van der Waals surface area contributed by atoms with Gasteiger partial charge >= 0.3 is 0 Å². The molecule has 0 aliphatic rings. The van der Waals surface area contributed by atoms with Gasteiger partial charge in [0.05, 0.1) is 14.2 Å². The van der Waals surface area contributed by atoms with Gasteiger partial charge < -0.3 is 14.8 Å². The third-order valence-electron chi connectivity index (χ3n) is 6.96. The Morgan fingerprint density at radius 3 is 2.34 bits per heavy atom. The molecule has 0 saturated carbocycles. The zero-order valence-corrected chi connectivity index (χ0v) is 24.9. The average molecular weight is 560 g/mol. The van der Waals surface area contributed by atoms with Crippen LogP contribution in [0, 0.1) is 0 Å². The second-order valence-electron chi connectivity index (χ2n) is 11.1. The minimum absolute atomic E-state index is 0.0667. The maximum Gasteiger partial charge on any atom is 0.276 e. The van der Waals surface area contributed by atoms with E-state index in [0.29, 0.717) is 17.2 Å². The number of unbranched alkanes of at least 4 members (excludes halogenated alkanes) is 2. The van der Waals surface area contributed by atoms with Gasteiger partial charge in [0.1, 0.15) is 17.2 Å². The van der Waals surface area contributed by atoms with Crippen molar-refractivity contribution in [2.45, 2.75) is 71.1 Å². The molecule has 3 amide bonds. The fourth-order valence-electron chi connectivity index (χ4n) is 4.77. The second kappa shape index (κ2) is 14.4. The molecule has 0 aliphatic carbocycles. The number of amides is 3. The molecule has 41 heavy (non-hydrogen) atoms. The van der Waals surface area contributed by atoms with Crippen molar-refractivity contribution in [2.24, 2.45) is 0 Å². The summed E-state index contributed by atoms with van der Waals surface area (Å²) in [6, 6.07) is 15.7. The molecule has 0 saturated heterocycles. The van der Waals surface area contributed by atoms with E-state index in [9.17, 15) is 14.4 Å². The van der Waals surface area contributed by atoms with Crippen LogP contribution in [0.1, 0.15) is 97.7 Å². The third kappa shape index (κ3) is 8.64. The van der Waals surface area contributed by atoms with Crippen LogP contribution >= 0.6 is 0 Å². The first-order chi connectivity index (χ1) is 19.6. The van der Waals surface area contributed by atoms with Gasteiger partial charge in [0.2, 0.25) is 5.91 Å². The minimum atomic E-state index is -0.593. The Bertz CT molecular complexity index is 1350. The first kappa shape index (κ1) is 31.3. The van der Waals surface area contributed by atoms with Gasteiger partial charge in [-0.05, 0) is 59.2 Å². The summed E-state index contributed by atoms with van der Waals surface area (Å²) >= 11 is 0. The summed E-state index contributed by atoms with van der Waals surface area (Å²) in [5.74, 6) is -0.0273. The number of pyridine rings is 1. The Morgan fingerprint density at radius 1 is 0.927 bits per heavy atom. The Morgan fingerprint density at radius 2 is 1.71 bits per heavy atom. The molecule has 1 unspecified atom stereocenters. The van der Waals surface area contributed by atoms with E-state index in [1.807, 2.05) is 45.0 Å². The summed E-state index contributed by atoms with van der Waals surface area (Å²) in [4.78, 5) is 43.0. The van der Waals surface area contributed by atoms with Gasteiger partial charge in [-0.25, -0.2) is 0 Å². The number of carbonyl (C=O) groups is 3. The number of carbonyl (C=O) groups excluding carboxylic acids is 3. The molecular formula is C33H41N3O5. The normalized spacial score (nSPS) is 11.9. The van der Waals surface area contributed by atoms with Gasteiger partial charge in [0.25, 0.3) is 11.8 Å². The standard InChI is InChI=1S/C33H41N3O5/c1-7-8-9-12-22(25-16-15-24(40-5)21-29(25)41-6)20-30(37)35-28-19-23(14-17-26(28)33(2,3)4)31(38)36-32(39)27-13-10-11-18-34-27/h10-11,13-19,21-22H,7-9,12,20H2,1-6H3,(H,35,37)(H,36,38,39). The van der Waals surface area contributed by atoms with Crippen molar-refractivity contribution in [3.05, 3.63) is 83.2 Å². The summed E-state index contributed by atoms with van der Waals surface area (Å²) in [6.07, 6.45) is 5.68. The molecule has 218 valence electrons. The van der Waals surface area contributed by atoms with E-state index in [0.717, 1.165) is 36.8 Å². The molecule has 8 heteroatoms. The number of anilines is 1. The number of ether oxygens (including phenoxy) is 2. The van der Waals surface area contributed by atoms with Crippen LogP contribution < -0.4 is 20.1 Å². The fraction of sp³-hybridized carbons (Fsp3) is 0.394. The molecule has 0 aliphatic heterocycles. The van der Waals surface area contributed by atoms with Crippen molar-refractivity contribution in [1.29, 1.82) is 0 Å². The zero-order chi connectivity index (χ0) is 30.0. The zero-order valence-electron chi connectivity index (χ0n) is 24.9. The first-order valence-corrected chi connectivity index (χ1v) is 14.0. The smallest absolute Gasteiger partial charge is 0.276 e. The lowest BCUT2D eigenvalue weighted by atomic mass is 9.84. The van der Waals surface area contributed by atoms with E-state index < -0.39 is 11.8 Å².